The second kappa shape index (κ2) is 8.43. The molecule has 0 aliphatic rings. The molecule has 3 aromatic heterocycles. The van der Waals surface area contributed by atoms with Crippen LogP contribution >= 0.6 is 0 Å². The zero-order valence-corrected chi connectivity index (χ0v) is 17.2. The van der Waals surface area contributed by atoms with E-state index in [2.05, 4.69) is 15.0 Å². The molecule has 0 aliphatic carbocycles. The molecule has 158 valence electrons. The average molecular weight is 424 g/mol. The maximum absolute atomic E-state index is 13.0. The van der Waals surface area contributed by atoms with E-state index in [4.69, 9.17) is 15.5 Å². The predicted octanol–water partition coefficient (Wildman–Crippen LogP) is 3.87. The number of fused-ring (bicyclic) bond motifs is 2. The number of carbonyl (C=O) groups is 1. The maximum Gasteiger partial charge on any atom is 0.338 e. The Morgan fingerprint density at radius 3 is 2.69 bits per heavy atom. The molecule has 2 N–H and O–H groups in total. The van der Waals surface area contributed by atoms with Gasteiger partial charge in [0, 0.05) is 17.5 Å². The summed E-state index contributed by atoms with van der Waals surface area (Å²) in [5.41, 5.74) is 10.00. The van der Waals surface area contributed by atoms with Crippen LogP contribution < -0.4 is 5.73 Å². The number of benzene rings is 2. The number of aromatic nitrogens is 5. The number of esters is 1. The third-order valence-electron chi connectivity index (χ3n) is 5.21. The van der Waals surface area contributed by atoms with E-state index in [-0.39, 0.29) is 12.6 Å². The minimum Gasteiger partial charge on any atom is -0.462 e. The summed E-state index contributed by atoms with van der Waals surface area (Å²) in [7, 11) is 0. The number of anilines is 1. The van der Waals surface area contributed by atoms with Crippen LogP contribution in [0.3, 0.4) is 0 Å². The Morgan fingerprint density at radius 2 is 1.81 bits per heavy atom. The van der Waals surface area contributed by atoms with Crippen LogP contribution in [0, 0.1) is 0 Å². The number of hydrogen-bond acceptors (Lipinski definition) is 7. The topological polar surface area (TPSA) is 109 Å². The van der Waals surface area contributed by atoms with E-state index in [0.717, 1.165) is 22.2 Å². The van der Waals surface area contributed by atoms with E-state index in [1.54, 1.807) is 12.4 Å². The van der Waals surface area contributed by atoms with Crippen molar-refractivity contribution in [3.8, 4) is 11.3 Å². The number of rotatable bonds is 6. The minimum atomic E-state index is -0.372. The fourth-order valence-electron chi connectivity index (χ4n) is 3.64. The molecule has 2 aromatic carbocycles. The normalized spacial score (nSPS) is 11.1. The molecule has 0 saturated heterocycles. The second-order valence-corrected chi connectivity index (χ2v) is 7.30. The molecule has 0 spiro atoms. The largest absolute Gasteiger partial charge is 0.462 e. The van der Waals surface area contributed by atoms with Gasteiger partial charge >= 0.3 is 5.97 Å². The van der Waals surface area contributed by atoms with Crippen molar-refractivity contribution in [1.82, 2.24) is 24.5 Å². The molecule has 0 radical (unpaired) electrons. The number of carbonyl (C=O) groups excluding carboxylic acids is 1. The number of nitrogens with two attached hydrogens (primary N) is 1. The number of para-hydroxylation sites is 1. The number of imidazole rings is 1. The molecule has 0 amide bonds. The Hall–Kier alpha value is -4.33. The zero-order chi connectivity index (χ0) is 21.9. The van der Waals surface area contributed by atoms with E-state index >= 15 is 0 Å². The van der Waals surface area contributed by atoms with Crippen LogP contribution in [0.15, 0.2) is 73.3 Å². The highest BCUT2D eigenvalue weighted by atomic mass is 16.5. The summed E-state index contributed by atoms with van der Waals surface area (Å²) in [6.45, 7) is 0.850. The summed E-state index contributed by atoms with van der Waals surface area (Å²) in [6, 6.07) is 19.2. The van der Waals surface area contributed by atoms with Crippen molar-refractivity contribution in [3.05, 3.63) is 78.9 Å². The Bertz CT molecular complexity index is 1410. The van der Waals surface area contributed by atoms with Crippen LogP contribution in [-0.2, 0) is 11.3 Å². The third kappa shape index (κ3) is 3.74. The Balaban J connectivity index is 1.33. The molecule has 0 atom stereocenters. The summed E-state index contributed by atoms with van der Waals surface area (Å²) in [4.78, 5) is 30.1. The first kappa shape index (κ1) is 19.6. The molecular weight excluding hydrogens is 404 g/mol. The lowest BCUT2D eigenvalue weighted by Crippen LogP contribution is -2.10. The van der Waals surface area contributed by atoms with Gasteiger partial charge in [-0.25, -0.2) is 24.7 Å². The molecule has 8 heteroatoms. The van der Waals surface area contributed by atoms with Gasteiger partial charge in [-0.15, -0.1) is 0 Å². The smallest absolute Gasteiger partial charge is 0.338 e. The number of hydrogen-bond donors (Lipinski definition) is 1. The van der Waals surface area contributed by atoms with Gasteiger partial charge in [0.2, 0.25) is 0 Å². The van der Waals surface area contributed by atoms with Gasteiger partial charge in [0.15, 0.2) is 11.5 Å². The van der Waals surface area contributed by atoms with Gasteiger partial charge < -0.3 is 15.0 Å². The molecule has 0 unspecified atom stereocenters. The van der Waals surface area contributed by atoms with Crippen molar-refractivity contribution in [3.63, 3.8) is 0 Å². The molecule has 5 aromatic rings. The molecule has 0 aliphatic heterocycles. The van der Waals surface area contributed by atoms with Gasteiger partial charge in [-0.2, -0.15) is 0 Å². The number of nitrogen functional groups attached to an aromatic ring is 1. The lowest BCUT2D eigenvalue weighted by Gasteiger charge is -2.10. The Labute approximate surface area is 183 Å². The predicted molar refractivity (Wildman–Crippen MR) is 122 cm³/mol. The SMILES string of the molecule is Nc1ncnc2c1ncn2CCCOC(=O)c1cc(-c2ccccc2)nc2ccccc12. The molecule has 3 heterocycles. The van der Waals surface area contributed by atoms with E-state index in [9.17, 15) is 4.79 Å². The van der Waals surface area contributed by atoms with Gasteiger partial charge in [-0.05, 0) is 18.6 Å². The van der Waals surface area contributed by atoms with E-state index in [1.165, 1.54) is 6.33 Å². The molecule has 0 bridgehead atoms. The van der Waals surface area contributed by atoms with Gasteiger partial charge in [-0.1, -0.05) is 48.5 Å². The van der Waals surface area contributed by atoms with Gasteiger partial charge in [0.05, 0.1) is 29.7 Å². The molecular formula is C24H20N6O2. The second-order valence-electron chi connectivity index (χ2n) is 7.30. The summed E-state index contributed by atoms with van der Waals surface area (Å²) in [5.74, 6) is -0.0261. The zero-order valence-electron chi connectivity index (χ0n) is 17.2. The van der Waals surface area contributed by atoms with E-state index in [0.29, 0.717) is 35.5 Å². The first-order valence-electron chi connectivity index (χ1n) is 10.2. The fraction of sp³-hybridized carbons (Fsp3) is 0.125. The average Bonchev–Trinajstić information content (AvgIpc) is 3.26. The highest BCUT2D eigenvalue weighted by molar-refractivity contribution is 6.04. The van der Waals surface area contributed by atoms with Crippen LogP contribution in [-0.4, -0.2) is 37.1 Å². The van der Waals surface area contributed by atoms with Crippen molar-refractivity contribution in [2.75, 3.05) is 12.3 Å². The lowest BCUT2D eigenvalue weighted by molar-refractivity contribution is 0.0498. The van der Waals surface area contributed by atoms with Crippen molar-refractivity contribution >= 4 is 33.9 Å². The van der Waals surface area contributed by atoms with E-state index < -0.39 is 0 Å². The van der Waals surface area contributed by atoms with Crippen LogP contribution in [0.4, 0.5) is 5.82 Å². The number of pyridine rings is 1. The number of ether oxygens (including phenoxy) is 1. The van der Waals surface area contributed by atoms with Crippen molar-refractivity contribution in [2.45, 2.75) is 13.0 Å². The Morgan fingerprint density at radius 1 is 1.00 bits per heavy atom. The fourth-order valence-corrected chi connectivity index (χ4v) is 3.64. The first-order valence-corrected chi connectivity index (χ1v) is 10.2. The molecule has 0 fully saturated rings. The summed E-state index contributed by atoms with van der Waals surface area (Å²) in [6.07, 6.45) is 3.68. The first-order chi connectivity index (χ1) is 15.7. The van der Waals surface area contributed by atoms with Crippen molar-refractivity contribution in [2.24, 2.45) is 0 Å². The molecule has 0 saturated carbocycles. The van der Waals surface area contributed by atoms with Crippen LogP contribution in [0.25, 0.3) is 33.3 Å². The van der Waals surface area contributed by atoms with E-state index in [1.807, 2.05) is 59.2 Å². The Kier molecular flexibility index (Phi) is 5.17. The number of nitrogens with zero attached hydrogens (tertiary/aromatic N) is 5. The van der Waals surface area contributed by atoms with Crippen LogP contribution in [0.2, 0.25) is 0 Å². The number of aryl methyl sites for hydroxylation is 1. The van der Waals surface area contributed by atoms with Gasteiger partial charge in [-0.3, -0.25) is 0 Å². The maximum atomic E-state index is 13.0. The highest BCUT2D eigenvalue weighted by Gasteiger charge is 2.15. The lowest BCUT2D eigenvalue weighted by atomic mass is 10.0. The molecule has 32 heavy (non-hydrogen) atoms. The van der Waals surface area contributed by atoms with Crippen LogP contribution in [0.5, 0.6) is 0 Å². The molecule has 8 nitrogen and oxygen atoms in total. The van der Waals surface area contributed by atoms with Crippen molar-refractivity contribution in [1.29, 1.82) is 0 Å². The highest BCUT2D eigenvalue weighted by Crippen LogP contribution is 2.25. The van der Waals surface area contributed by atoms with Gasteiger partial charge in [0.25, 0.3) is 0 Å². The van der Waals surface area contributed by atoms with Crippen LogP contribution in [0.1, 0.15) is 16.8 Å². The summed E-state index contributed by atoms with van der Waals surface area (Å²) < 4.78 is 7.47. The quantitative estimate of drug-likeness (QED) is 0.325. The minimum absolute atomic E-state index is 0.260. The van der Waals surface area contributed by atoms with Gasteiger partial charge in [0.1, 0.15) is 11.8 Å². The third-order valence-corrected chi connectivity index (χ3v) is 5.21. The summed E-state index contributed by atoms with van der Waals surface area (Å²) >= 11 is 0. The standard InChI is InChI=1S/C24H20N6O2/c25-22-21-23(27-14-26-22)30(15-28-21)11-6-12-32-24(31)18-13-20(16-7-2-1-3-8-16)29-19-10-5-4-9-17(18)19/h1-5,7-10,13-15H,6,11-12H2,(H2,25,26,27). The molecule has 5 rings (SSSR count). The van der Waals surface area contributed by atoms with Crippen molar-refractivity contribution < 1.29 is 9.53 Å². The summed E-state index contributed by atoms with van der Waals surface area (Å²) in [5, 5.41) is 0.768. The monoisotopic (exact) mass is 424 g/mol.